The first kappa shape index (κ1) is 12.0. The van der Waals surface area contributed by atoms with Crippen molar-refractivity contribution in [2.75, 3.05) is 11.1 Å². The number of rotatable bonds is 3. The van der Waals surface area contributed by atoms with Crippen LogP contribution in [-0.4, -0.2) is 15.0 Å². The summed E-state index contributed by atoms with van der Waals surface area (Å²) in [7, 11) is 0. The van der Waals surface area contributed by atoms with Gasteiger partial charge in [0.2, 0.25) is 5.95 Å². The predicted octanol–water partition coefficient (Wildman–Crippen LogP) is 3.08. The lowest BCUT2D eigenvalue weighted by Gasteiger charge is -2.09. The molecular weight excluding hydrogens is 258 g/mol. The molecular formula is C13H15N5S. The van der Waals surface area contributed by atoms with Gasteiger partial charge in [0.25, 0.3) is 0 Å². The average Bonchev–Trinajstić information content (AvgIpc) is 2.94. The van der Waals surface area contributed by atoms with Gasteiger partial charge in [0.15, 0.2) is 0 Å². The van der Waals surface area contributed by atoms with Crippen molar-refractivity contribution in [3.8, 4) is 0 Å². The molecule has 0 aliphatic rings. The van der Waals surface area contributed by atoms with E-state index >= 15 is 0 Å². The molecule has 0 aliphatic heterocycles. The van der Waals surface area contributed by atoms with Crippen LogP contribution in [0.25, 0.3) is 11.0 Å². The zero-order valence-electron chi connectivity index (χ0n) is 10.8. The second-order valence-electron chi connectivity index (χ2n) is 4.54. The van der Waals surface area contributed by atoms with E-state index in [1.54, 1.807) is 11.3 Å². The van der Waals surface area contributed by atoms with Crippen LogP contribution in [0.4, 0.5) is 11.6 Å². The van der Waals surface area contributed by atoms with Crippen LogP contribution in [0, 0.1) is 6.92 Å². The highest BCUT2D eigenvalue weighted by Gasteiger charge is 2.11. The van der Waals surface area contributed by atoms with E-state index in [1.807, 2.05) is 24.4 Å². The number of aryl methyl sites for hydroxylation is 1. The maximum Gasteiger partial charge on any atom is 0.201 e. The summed E-state index contributed by atoms with van der Waals surface area (Å²) >= 11 is 1.69. The summed E-state index contributed by atoms with van der Waals surface area (Å²) in [6, 6.07) is 5.76. The first-order chi connectivity index (χ1) is 9.11. The van der Waals surface area contributed by atoms with Crippen LogP contribution in [0.3, 0.4) is 0 Å². The van der Waals surface area contributed by atoms with Crippen molar-refractivity contribution in [1.82, 2.24) is 15.0 Å². The molecule has 5 nitrogen and oxygen atoms in total. The number of nitrogens with one attached hydrogen (secondary N) is 2. The predicted molar refractivity (Wildman–Crippen MR) is 79.4 cm³/mol. The first-order valence-electron chi connectivity index (χ1n) is 6.06. The molecule has 3 aromatic rings. The van der Waals surface area contributed by atoms with Gasteiger partial charge in [-0.15, -0.1) is 11.3 Å². The zero-order chi connectivity index (χ0) is 13.4. The summed E-state index contributed by atoms with van der Waals surface area (Å²) in [5.41, 5.74) is 8.32. The Morgan fingerprint density at radius 1 is 1.42 bits per heavy atom. The lowest BCUT2D eigenvalue weighted by atomic mass is 10.3. The fourth-order valence-corrected chi connectivity index (χ4v) is 2.71. The Bertz CT molecular complexity index is 715. The van der Waals surface area contributed by atoms with E-state index in [0.29, 0.717) is 0 Å². The van der Waals surface area contributed by atoms with Crippen LogP contribution in [0.1, 0.15) is 22.9 Å². The molecule has 98 valence electrons. The number of nitrogens with two attached hydrogens (primary N) is 1. The second kappa shape index (κ2) is 4.55. The third kappa shape index (κ3) is 2.39. The first-order valence-corrected chi connectivity index (χ1v) is 6.87. The number of aromatic nitrogens is 3. The molecule has 0 radical (unpaired) electrons. The van der Waals surface area contributed by atoms with Gasteiger partial charge in [-0.3, -0.25) is 0 Å². The number of hydrogen-bond acceptors (Lipinski definition) is 5. The number of thiazole rings is 1. The Kier molecular flexibility index (Phi) is 2.87. The SMILES string of the molecule is Cc1cnc(C(C)Nc2nc3ccc(N)cc3[nH]2)s1. The number of H-pyrrole nitrogens is 1. The van der Waals surface area contributed by atoms with Crippen LogP contribution in [0.2, 0.25) is 0 Å². The maximum atomic E-state index is 5.75. The van der Waals surface area contributed by atoms with Crippen molar-refractivity contribution >= 4 is 34.0 Å². The summed E-state index contributed by atoms with van der Waals surface area (Å²) in [6.45, 7) is 4.12. The van der Waals surface area contributed by atoms with Crippen molar-refractivity contribution in [1.29, 1.82) is 0 Å². The molecule has 2 heterocycles. The molecule has 4 N–H and O–H groups in total. The Morgan fingerprint density at radius 3 is 3.00 bits per heavy atom. The zero-order valence-corrected chi connectivity index (χ0v) is 11.6. The molecule has 1 atom stereocenters. The molecule has 1 aromatic carbocycles. The standard InChI is InChI=1S/C13H15N5S/c1-7-6-15-12(19-7)8(2)16-13-17-10-4-3-9(14)5-11(10)18-13/h3-6,8H,14H2,1-2H3,(H2,16,17,18). The lowest BCUT2D eigenvalue weighted by molar-refractivity contribution is 0.855. The fourth-order valence-electron chi connectivity index (χ4n) is 1.93. The van der Waals surface area contributed by atoms with Crippen LogP contribution in [0.15, 0.2) is 24.4 Å². The summed E-state index contributed by atoms with van der Waals surface area (Å²) in [6.07, 6.45) is 1.89. The van der Waals surface area contributed by atoms with E-state index in [0.717, 1.165) is 27.7 Å². The number of imidazole rings is 1. The lowest BCUT2D eigenvalue weighted by Crippen LogP contribution is -2.07. The van der Waals surface area contributed by atoms with Crippen LogP contribution in [-0.2, 0) is 0 Å². The Balaban J connectivity index is 1.85. The maximum absolute atomic E-state index is 5.75. The summed E-state index contributed by atoms with van der Waals surface area (Å²) in [5.74, 6) is 0.737. The Morgan fingerprint density at radius 2 is 2.26 bits per heavy atom. The third-order valence-corrected chi connectivity index (χ3v) is 3.96. The largest absolute Gasteiger partial charge is 0.399 e. The molecule has 0 aliphatic carbocycles. The number of nitrogens with zero attached hydrogens (tertiary/aromatic N) is 2. The van der Waals surface area contributed by atoms with Crippen LogP contribution < -0.4 is 11.1 Å². The van der Waals surface area contributed by atoms with E-state index in [1.165, 1.54) is 4.88 Å². The molecule has 0 fully saturated rings. The van der Waals surface area contributed by atoms with Crippen LogP contribution in [0.5, 0.6) is 0 Å². The van der Waals surface area contributed by atoms with E-state index in [9.17, 15) is 0 Å². The average molecular weight is 273 g/mol. The fraction of sp³-hybridized carbons (Fsp3) is 0.231. The number of benzene rings is 1. The molecule has 0 amide bonds. The minimum atomic E-state index is 0.122. The third-order valence-electron chi connectivity index (χ3n) is 2.87. The molecule has 0 saturated carbocycles. The quantitative estimate of drug-likeness (QED) is 0.641. The van der Waals surface area contributed by atoms with Gasteiger partial charge in [0.05, 0.1) is 17.1 Å². The van der Waals surface area contributed by atoms with Gasteiger partial charge in [-0.2, -0.15) is 0 Å². The summed E-state index contributed by atoms with van der Waals surface area (Å²) in [4.78, 5) is 13.3. The van der Waals surface area contributed by atoms with E-state index in [2.05, 4.69) is 34.1 Å². The Labute approximate surface area is 114 Å². The van der Waals surface area contributed by atoms with E-state index in [4.69, 9.17) is 5.73 Å². The molecule has 3 rings (SSSR count). The molecule has 6 heteroatoms. The second-order valence-corrected chi connectivity index (χ2v) is 5.80. The number of anilines is 2. The molecule has 0 bridgehead atoms. The monoisotopic (exact) mass is 273 g/mol. The van der Waals surface area contributed by atoms with Gasteiger partial charge in [-0.1, -0.05) is 0 Å². The highest BCUT2D eigenvalue weighted by atomic mass is 32.1. The van der Waals surface area contributed by atoms with Crippen molar-refractivity contribution in [3.05, 3.63) is 34.3 Å². The van der Waals surface area contributed by atoms with Gasteiger partial charge in [-0.05, 0) is 32.0 Å². The van der Waals surface area contributed by atoms with E-state index < -0.39 is 0 Å². The minimum Gasteiger partial charge on any atom is -0.399 e. The van der Waals surface area contributed by atoms with E-state index in [-0.39, 0.29) is 6.04 Å². The topological polar surface area (TPSA) is 79.6 Å². The molecule has 19 heavy (non-hydrogen) atoms. The van der Waals surface area contributed by atoms with Crippen molar-refractivity contribution in [2.24, 2.45) is 0 Å². The number of fused-ring (bicyclic) bond motifs is 1. The molecule has 2 aromatic heterocycles. The normalized spacial score (nSPS) is 12.7. The van der Waals surface area contributed by atoms with Gasteiger partial charge in [0.1, 0.15) is 5.01 Å². The number of aromatic amines is 1. The molecule has 0 spiro atoms. The summed E-state index contributed by atoms with van der Waals surface area (Å²) in [5, 5.41) is 4.37. The van der Waals surface area contributed by atoms with Gasteiger partial charge in [0, 0.05) is 16.8 Å². The van der Waals surface area contributed by atoms with Crippen molar-refractivity contribution in [3.63, 3.8) is 0 Å². The molecule has 0 saturated heterocycles. The number of nitrogen functional groups attached to an aromatic ring is 1. The highest BCUT2D eigenvalue weighted by molar-refractivity contribution is 7.11. The van der Waals surface area contributed by atoms with Crippen LogP contribution >= 0.6 is 11.3 Å². The van der Waals surface area contributed by atoms with Crippen molar-refractivity contribution < 1.29 is 0 Å². The summed E-state index contributed by atoms with van der Waals surface area (Å²) < 4.78 is 0. The highest BCUT2D eigenvalue weighted by Crippen LogP contribution is 2.24. The minimum absolute atomic E-state index is 0.122. The van der Waals surface area contributed by atoms with Crippen molar-refractivity contribution in [2.45, 2.75) is 19.9 Å². The smallest absolute Gasteiger partial charge is 0.201 e. The van der Waals surface area contributed by atoms with Gasteiger partial charge >= 0.3 is 0 Å². The number of hydrogen-bond donors (Lipinski definition) is 3. The Hall–Kier alpha value is -2.08. The van der Waals surface area contributed by atoms with Gasteiger partial charge in [-0.25, -0.2) is 9.97 Å². The molecule has 1 unspecified atom stereocenters. The van der Waals surface area contributed by atoms with Gasteiger partial charge < -0.3 is 16.0 Å².